The molecular formula is C14H16BrNS. The van der Waals surface area contributed by atoms with E-state index in [2.05, 4.69) is 65.4 Å². The molecule has 1 N–H and O–H groups in total. The van der Waals surface area contributed by atoms with Crippen molar-refractivity contribution in [2.24, 2.45) is 0 Å². The van der Waals surface area contributed by atoms with Crippen molar-refractivity contribution in [1.29, 1.82) is 0 Å². The molecule has 0 atom stereocenters. The lowest BCUT2D eigenvalue weighted by molar-refractivity contribution is 0.735. The molecule has 1 nitrogen and oxygen atoms in total. The van der Waals surface area contributed by atoms with Gasteiger partial charge in [-0.2, -0.15) is 0 Å². The van der Waals surface area contributed by atoms with Crippen LogP contribution in [-0.4, -0.2) is 6.54 Å². The highest BCUT2D eigenvalue weighted by Crippen LogP contribution is 2.32. The van der Waals surface area contributed by atoms with Gasteiger partial charge in [-0.15, -0.1) is 11.3 Å². The van der Waals surface area contributed by atoms with Crippen LogP contribution in [0.1, 0.15) is 17.4 Å². The van der Waals surface area contributed by atoms with E-state index in [1.807, 2.05) is 11.3 Å². The van der Waals surface area contributed by atoms with Crippen LogP contribution >= 0.6 is 27.3 Å². The van der Waals surface area contributed by atoms with Crippen molar-refractivity contribution in [3.8, 4) is 10.4 Å². The van der Waals surface area contributed by atoms with Gasteiger partial charge >= 0.3 is 0 Å². The Morgan fingerprint density at radius 2 is 2.06 bits per heavy atom. The minimum absolute atomic E-state index is 0.966. The largest absolute Gasteiger partial charge is 0.312 e. The number of aryl methyl sites for hydroxylation is 1. The zero-order valence-corrected chi connectivity index (χ0v) is 12.5. The average molecular weight is 310 g/mol. The summed E-state index contributed by atoms with van der Waals surface area (Å²) in [6.07, 6.45) is 0. The third-order valence-corrected chi connectivity index (χ3v) is 4.29. The van der Waals surface area contributed by atoms with Crippen molar-refractivity contribution < 1.29 is 0 Å². The van der Waals surface area contributed by atoms with Crippen molar-refractivity contribution >= 4 is 27.3 Å². The third-order valence-electron chi connectivity index (χ3n) is 2.68. The van der Waals surface area contributed by atoms with Gasteiger partial charge in [-0.05, 0) is 48.9 Å². The van der Waals surface area contributed by atoms with E-state index in [0.29, 0.717) is 0 Å². The van der Waals surface area contributed by atoms with Gasteiger partial charge in [0.25, 0.3) is 0 Å². The zero-order valence-electron chi connectivity index (χ0n) is 10.1. The first-order chi connectivity index (χ1) is 8.20. The molecule has 3 heteroatoms. The molecule has 17 heavy (non-hydrogen) atoms. The number of benzene rings is 1. The molecule has 0 unspecified atom stereocenters. The molecule has 1 aromatic carbocycles. The van der Waals surface area contributed by atoms with E-state index in [-0.39, 0.29) is 0 Å². The fourth-order valence-corrected chi connectivity index (χ4v) is 3.15. The van der Waals surface area contributed by atoms with Gasteiger partial charge in [-0.3, -0.25) is 0 Å². The standard InChI is InChI=1S/C14H16BrNS/c1-3-16-9-12-6-7-14(17-12)13-8-11(15)5-4-10(13)2/h4-8,16H,3,9H2,1-2H3. The first kappa shape index (κ1) is 12.8. The van der Waals surface area contributed by atoms with E-state index in [1.165, 1.54) is 20.9 Å². The molecule has 0 saturated heterocycles. The molecule has 1 heterocycles. The van der Waals surface area contributed by atoms with Crippen molar-refractivity contribution in [1.82, 2.24) is 5.32 Å². The van der Waals surface area contributed by atoms with Crippen LogP contribution in [0, 0.1) is 6.92 Å². The molecule has 0 spiro atoms. The van der Waals surface area contributed by atoms with Crippen LogP contribution in [0.3, 0.4) is 0 Å². The number of hydrogen-bond donors (Lipinski definition) is 1. The predicted molar refractivity (Wildman–Crippen MR) is 79.6 cm³/mol. The lowest BCUT2D eigenvalue weighted by Crippen LogP contribution is -2.10. The van der Waals surface area contributed by atoms with E-state index in [9.17, 15) is 0 Å². The Labute approximate surface area is 115 Å². The van der Waals surface area contributed by atoms with Crippen molar-refractivity contribution in [3.05, 3.63) is 45.2 Å². The Hall–Kier alpha value is -0.640. The van der Waals surface area contributed by atoms with Crippen molar-refractivity contribution in [3.63, 3.8) is 0 Å². The monoisotopic (exact) mass is 309 g/mol. The van der Waals surface area contributed by atoms with Gasteiger partial charge in [-0.25, -0.2) is 0 Å². The maximum atomic E-state index is 3.53. The lowest BCUT2D eigenvalue weighted by Gasteiger charge is -2.03. The number of rotatable bonds is 4. The molecule has 0 aliphatic rings. The van der Waals surface area contributed by atoms with Gasteiger partial charge in [0, 0.05) is 20.8 Å². The first-order valence-electron chi connectivity index (χ1n) is 5.76. The van der Waals surface area contributed by atoms with Crippen LogP contribution in [-0.2, 0) is 6.54 Å². The van der Waals surface area contributed by atoms with E-state index in [1.54, 1.807) is 0 Å². The third kappa shape index (κ3) is 3.18. The summed E-state index contributed by atoms with van der Waals surface area (Å²) in [6, 6.07) is 10.9. The molecule has 1 aromatic heterocycles. The molecule has 0 bridgehead atoms. The summed E-state index contributed by atoms with van der Waals surface area (Å²) in [5.41, 5.74) is 2.65. The van der Waals surface area contributed by atoms with E-state index >= 15 is 0 Å². The van der Waals surface area contributed by atoms with Gasteiger partial charge in [0.2, 0.25) is 0 Å². The fourth-order valence-electron chi connectivity index (χ4n) is 1.73. The minimum atomic E-state index is 0.966. The summed E-state index contributed by atoms with van der Waals surface area (Å²) in [5.74, 6) is 0. The Balaban J connectivity index is 2.27. The second kappa shape index (κ2) is 5.80. The highest BCUT2D eigenvalue weighted by Gasteiger charge is 2.06. The van der Waals surface area contributed by atoms with Gasteiger partial charge in [0.15, 0.2) is 0 Å². The van der Waals surface area contributed by atoms with Gasteiger partial charge < -0.3 is 5.32 Å². The van der Waals surface area contributed by atoms with Gasteiger partial charge in [-0.1, -0.05) is 28.9 Å². The lowest BCUT2D eigenvalue weighted by atomic mass is 10.1. The minimum Gasteiger partial charge on any atom is -0.312 e. The molecule has 0 aliphatic heterocycles. The Morgan fingerprint density at radius 3 is 2.82 bits per heavy atom. The smallest absolute Gasteiger partial charge is 0.0349 e. The molecule has 90 valence electrons. The molecular weight excluding hydrogens is 294 g/mol. The maximum Gasteiger partial charge on any atom is 0.0349 e. The van der Waals surface area contributed by atoms with E-state index < -0.39 is 0 Å². The second-order valence-electron chi connectivity index (χ2n) is 4.01. The van der Waals surface area contributed by atoms with E-state index in [4.69, 9.17) is 0 Å². The van der Waals surface area contributed by atoms with Gasteiger partial charge in [0.05, 0.1) is 0 Å². The van der Waals surface area contributed by atoms with E-state index in [0.717, 1.165) is 17.6 Å². The zero-order chi connectivity index (χ0) is 12.3. The summed E-state index contributed by atoms with van der Waals surface area (Å²) in [4.78, 5) is 2.73. The van der Waals surface area contributed by atoms with Crippen molar-refractivity contribution in [2.75, 3.05) is 6.54 Å². The van der Waals surface area contributed by atoms with Crippen LogP contribution in [0.25, 0.3) is 10.4 Å². The summed E-state index contributed by atoms with van der Waals surface area (Å²) < 4.78 is 1.14. The molecule has 0 saturated carbocycles. The molecule has 0 radical (unpaired) electrons. The van der Waals surface area contributed by atoms with Crippen LogP contribution in [0.15, 0.2) is 34.8 Å². The maximum absolute atomic E-state index is 3.53. The topological polar surface area (TPSA) is 12.0 Å². The summed E-state index contributed by atoms with van der Waals surface area (Å²) in [7, 11) is 0. The highest BCUT2D eigenvalue weighted by molar-refractivity contribution is 9.10. The highest BCUT2D eigenvalue weighted by atomic mass is 79.9. The molecule has 0 aliphatic carbocycles. The van der Waals surface area contributed by atoms with Crippen molar-refractivity contribution in [2.45, 2.75) is 20.4 Å². The van der Waals surface area contributed by atoms with Crippen LogP contribution in [0.4, 0.5) is 0 Å². The Bertz CT molecular complexity index is 505. The molecule has 2 rings (SSSR count). The average Bonchev–Trinajstić information content (AvgIpc) is 2.78. The second-order valence-corrected chi connectivity index (χ2v) is 6.09. The quantitative estimate of drug-likeness (QED) is 0.870. The number of halogens is 1. The number of hydrogen-bond acceptors (Lipinski definition) is 2. The Kier molecular flexibility index (Phi) is 4.37. The summed E-state index contributed by atoms with van der Waals surface area (Å²) in [5, 5.41) is 3.36. The fraction of sp³-hybridized carbons (Fsp3) is 0.286. The summed E-state index contributed by atoms with van der Waals surface area (Å²) in [6.45, 7) is 6.27. The molecule has 0 amide bonds. The number of nitrogens with one attached hydrogen (secondary N) is 1. The normalized spacial score (nSPS) is 10.8. The first-order valence-corrected chi connectivity index (χ1v) is 7.37. The SMILES string of the molecule is CCNCc1ccc(-c2cc(Br)ccc2C)s1. The molecule has 2 aromatic rings. The van der Waals surface area contributed by atoms with Crippen LogP contribution in [0.5, 0.6) is 0 Å². The van der Waals surface area contributed by atoms with Gasteiger partial charge in [0.1, 0.15) is 0 Å². The summed E-state index contributed by atoms with van der Waals surface area (Å²) >= 11 is 5.40. The molecule has 0 fully saturated rings. The number of thiophene rings is 1. The van der Waals surface area contributed by atoms with Crippen LogP contribution in [0.2, 0.25) is 0 Å². The predicted octanol–water partition coefficient (Wildman–Crippen LogP) is 4.60. The Morgan fingerprint density at radius 1 is 1.24 bits per heavy atom. The van der Waals surface area contributed by atoms with Crippen LogP contribution < -0.4 is 5.32 Å².